The molecule has 0 aliphatic heterocycles. The summed E-state index contributed by atoms with van der Waals surface area (Å²) in [5.41, 5.74) is 5.10. The van der Waals surface area contributed by atoms with Crippen LogP contribution < -0.4 is 0 Å². The van der Waals surface area contributed by atoms with Crippen molar-refractivity contribution in [3.05, 3.63) is 28.6 Å². The molecule has 1 fully saturated rings. The van der Waals surface area contributed by atoms with E-state index in [0.29, 0.717) is 0 Å². The Morgan fingerprint density at radius 1 is 1.00 bits per heavy atom. The topological polar surface area (TPSA) is 0 Å². The minimum absolute atomic E-state index is 0.859. The zero-order chi connectivity index (χ0) is 14.2. The van der Waals surface area contributed by atoms with Crippen molar-refractivity contribution >= 4 is 6.91 Å². The first kappa shape index (κ1) is 15.8. The first-order chi connectivity index (χ1) is 9.86. The quantitative estimate of drug-likeness (QED) is 0.591. The van der Waals surface area contributed by atoms with Gasteiger partial charge < -0.3 is 0 Å². The molecule has 0 N–H and O–H groups in total. The fraction of sp³-hybridized carbons (Fsp3) is 0.737. The molecule has 0 amide bonds. The first-order valence-electron chi connectivity index (χ1n) is 8.97. The first-order valence-corrected chi connectivity index (χ1v) is 8.97. The van der Waals surface area contributed by atoms with Crippen LogP contribution in [0.4, 0.5) is 0 Å². The van der Waals surface area contributed by atoms with Crippen molar-refractivity contribution in [1.29, 1.82) is 0 Å². The summed E-state index contributed by atoms with van der Waals surface area (Å²) in [5, 5.41) is 0. The van der Waals surface area contributed by atoms with E-state index in [2.05, 4.69) is 32.8 Å². The van der Waals surface area contributed by atoms with Crippen LogP contribution in [0.3, 0.4) is 0 Å². The molecule has 0 aromatic carbocycles. The van der Waals surface area contributed by atoms with E-state index in [0.717, 1.165) is 5.92 Å². The van der Waals surface area contributed by atoms with E-state index in [1.807, 2.05) is 0 Å². The van der Waals surface area contributed by atoms with Gasteiger partial charge in [-0.05, 0) is 0 Å². The summed E-state index contributed by atoms with van der Waals surface area (Å²) in [6, 6.07) is 2.44. The molecule has 0 atom stereocenters. The molecule has 0 spiro atoms. The van der Waals surface area contributed by atoms with Gasteiger partial charge in [-0.15, -0.1) is 0 Å². The molecule has 0 bridgehead atoms. The number of rotatable bonds is 7. The average Bonchev–Trinajstić information content (AvgIpc) is 2.52. The van der Waals surface area contributed by atoms with E-state index in [-0.39, 0.29) is 0 Å². The van der Waals surface area contributed by atoms with Crippen LogP contribution in [0, 0.1) is 0 Å². The third kappa shape index (κ3) is 4.20. The molecule has 2 rings (SSSR count). The van der Waals surface area contributed by atoms with E-state index in [1.54, 1.807) is 16.6 Å². The van der Waals surface area contributed by atoms with Gasteiger partial charge in [0.15, 0.2) is 0 Å². The Bertz CT molecular complexity index is 391. The van der Waals surface area contributed by atoms with Gasteiger partial charge in [-0.25, -0.2) is 0 Å². The zero-order valence-corrected chi connectivity index (χ0v) is 13.6. The van der Waals surface area contributed by atoms with Crippen molar-refractivity contribution < 1.29 is 0 Å². The molecule has 0 nitrogen and oxygen atoms in total. The Morgan fingerprint density at radius 3 is 2.40 bits per heavy atom. The molecule has 0 radical (unpaired) electrons. The van der Waals surface area contributed by atoms with Gasteiger partial charge >= 0.3 is 126 Å². The molecular formula is C19H31B. The minimum atomic E-state index is 0.859. The number of hydrogen-bond donors (Lipinski definition) is 0. The van der Waals surface area contributed by atoms with Crippen molar-refractivity contribution in [3.8, 4) is 0 Å². The van der Waals surface area contributed by atoms with Crippen LogP contribution in [0.2, 0.25) is 0 Å². The molecule has 1 heteroatoms. The molecule has 110 valence electrons. The Kier molecular flexibility index (Phi) is 6.83. The third-order valence-corrected chi connectivity index (χ3v) is 4.93. The van der Waals surface area contributed by atoms with Crippen molar-refractivity contribution in [3.63, 3.8) is 0 Å². The Labute approximate surface area is 126 Å². The molecular weight excluding hydrogens is 239 g/mol. The van der Waals surface area contributed by atoms with Gasteiger partial charge in [-0.3, -0.25) is 0 Å². The third-order valence-electron chi connectivity index (χ3n) is 4.93. The second kappa shape index (κ2) is 8.65. The predicted octanol–water partition coefficient (Wildman–Crippen LogP) is 5.76. The molecule has 20 heavy (non-hydrogen) atoms. The van der Waals surface area contributed by atoms with Crippen LogP contribution in [0.15, 0.2) is 12.0 Å². The van der Waals surface area contributed by atoms with E-state index in [9.17, 15) is 0 Å². The van der Waals surface area contributed by atoms with Crippen LogP contribution in [-0.4, -0.2) is 6.91 Å². The fourth-order valence-electron chi connectivity index (χ4n) is 3.71. The van der Waals surface area contributed by atoms with E-state index in [4.69, 9.17) is 0 Å². The molecule has 1 aliphatic rings. The van der Waals surface area contributed by atoms with Crippen molar-refractivity contribution in [2.45, 2.75) is 90.4 Å². The second-order valence-corrected chi connectivity index (χ2v) is 6.53. The SMILES string of the molecule is CCCCc1bccc(C2CCCCC2)c1CCCC. The molecule has 0 unspecified atom stereocenters. The fourth-order valence-corrected chi connectivity index (χ4v) is 3.71. The monoisotopic (exact) mass is 270 g/mol. The van der Waals surface area contributed by atoms with Crippen LogP contribution in [0.25, 0.3) is 0 Å². The maximum atomic E-state index is 2.44. The molecule has 1 aromatic heterocycles. The van der Waals surface area contributed by atoms with E-state index >= 15 is 0 Å². The number of hydrogen-bond acceptors (Lipinski definition) is 0. The van der Waals surface area contributed by atoms with Crippen molar-refractivity contribution in [2.75, 3.05) is 0 Å². The molecule has 1 aliphatic carbocycles. The summed E-state index contributed by atoms with van der Waals surface area (Å²) < 4.78 is 0. The van der Waals surface area contributed by atoms with Crippen molar-refractivity contribution in [1.82, 2.24) is 0 Å². The summed E-state index contributed by atoms with van der Waals surface area (Å²) in [6.07, 6.45) is 15.1. The standard InChI is InChI=1S/C19H31B/c1-3-5-12-18-17(16-10-8-7-9-11-16)14-15-20-19(18)13-6-4-2/h14-16H,3-13H2,1-2H3. The van der Waals surface area contributed by atoms with Crippen molar-refractivity contribution in [2.24, 2.45) is 0 Å². The van der Waals surface area contributed by atoms with Crippen LogP contribution >= 0.6 is 0 Å². The van der Waals surface area contributed by atoms with Crippen LogP contribution in [0.5, 0.6) is 0 Å². The molecule has 1 heterocycles. The summed E-state index contributed by atoms with van der Waals surface area (Å²) in [6.45, 7) is 7.01. The summed E-state index contributed by atoms with van der Waals surface area (Å²) in [5.74, 6) is 3.18. The van der Waals surface area contributed by atoms with Gasteiger partial charge in [-0.2, -0.15) is 0 Å². The van der Waals surface area contributed by atoms with Gasteiger partial charge in [-0.1, -0.05) is 0 Å². The molecule has 1 aromatic rings. The zero-order valence-electron chi connectivity index (χ0n) is 13.6. The Balaban J connectivity index is 2.22. The maximum absolute atomic E-state index is 2.44. The van der Waals surface area contributed by atoms with Gasteiger partial charge in [0.25, 0.3) is 0 Å². The molecule has 1 saturated carbocycles. The Hall–Kier alpha value is -0.585. The van der Waals surface area contributed by atoms with Gasteiger partial charge in [0.1, 0.15) is 0 Å². The number of aryl methyl sites for hydroxylation is 1. The summed E-state index contributed by atoms with van der Waals surface area (Å²) in [4.78, 5) is 0. The van der Waals surface area contributed by atoms with Crippen LogP contribution in [0.1, 0.15) is 94.1 Å². The van der Waals surface area contributed by atoms with E-state index < -0.39 is 0 Å². The van der Waals surface area contributed by atoms with Gasteiger partial charge in [0.05, 0.1) is 0 Å². The normalized spacial score (nSPS) is 16.3. The van der Waals surface area contributed by atoms with Crippen LogP contribution in [-0.2, 0) is 12.8 Å². The summed E-state index contributed by atoms with van der Waals surface area (Å²) >= 11 is 0. The number of unbranched alkanes of at least 4 members (excludes halogenated alkanes) is 2. The Morgan fingerprint density at radius 2 is 1.70 bits per heavy atom. The van der Waals surface area contributed by atoms with E-state index in [1.165, 1.54) is 70.6 Å². The van der Waals surface area contributed by atoms with Gasteiger partial charge in [0, 0.05) is 0 Å². The molecule has 0 saturated heterocycles. The summed E-state index contributed by atoms with van der Waals surface area (Å²) in [7, 11) is 0. The predicted molar refractivity (Wildman–Crippen MR) is 90.8 cm³/mol. The average molecular weight is 270 g/mol. The van der Waals surface area contributed by atoms with Gasteiger partial charge in [0.2, 0.25) is 0 Å². The second-order valence-electron chi connectivity index (χ2n) is 6.53.